The highest BCUT2D eigenvalue weighted by molar-refractivity contribution is 5.81. The Morgan fingerprint density at radius 2 is 1.14 bits per heavy atom. The van der Waals surface area contributed by atoms with Crippen LogP contribution in [0.3, 0.4) is 0 Å². The number of aliphatic hydroxyl groups excluding tert-OH is 2. The summed E-state index contributed by atoms with van der Waals surface area (Å²) in [4.78, 5) is 39.8. The van der Waals surface area contributed by atoms with E-state index in [0.717, 1.165) is 0 Å². The van der Waals surface area contributed by atoms with Crippen molar-refractivity contribution in [3.8, 4) is 0 Å². The molecule has 0 saturated heterocycles. The summed E-state index contributed by atoms with van der Waals surface area (Å²) in [5.74, 6) is -1.30. The largest absolute Gasteiger partial charge is 0.388 e. The van der Waals surface area contributed by atoms with E-state index in [-0.39, 0.29) is 26.4 Å². The molecule has 0 aliphatic heterocycles. The van der Waals surface area contributed by atoms with Gasteiger partial charge < -0.3 is 19.7 Å². The molecule has 0 bridgehead atoms. The lowest BCUT2D eigenvalue weighted by Crippen LogP contribution is -2.23. The van der Waals surface area contributed by atoms with Crippen molar-refractivity contribution in [2.24, 2.45) is 0 Å². The lowest BCUT2D eigenvalue weighted by atomic mass is 10.3. The number of carbonyl (C=O) groups excluding carboxylic acids is 2. The number of hydrogen-bond donors (Lipinski definition) is 2. The van der Waals surface area contributed by atoms with Gasteiger partial charge in [0.25, 0.3) is 0 Å². The van der Waals surface area contributed by atoms with Gasteiger partial charge in [-0.2, -0.15) is 9.78 Å². The van der Waals surface area contributed by atoms with Crippen LogP contribution in [0.4, 0.5) is 0 Å². The van der Waals surface area contributed by atoms with E-state index in [9.17, 15) is 19.8 Å². The summed E-state index contributed by atoms with van der Waals surface area (Å²) in [5.41, 5.74) is 0. The summed E-state index contributed by atoms with van der Waals surface area (Å²) in [6, 6.07) is 0. The van der Waals surface area contributed by atoms with E-state index in [1.807, 2.05) is 0 Å². The summed E-state index contributed by atoms with van der Waals surface area (Å²) in [6.45, 7) is 3.87. The second kappa shape index (κ2) is 18.5. The first-order chi connectivity index (χ1) is 13.5. The van der Waals surface area contributed by atoms with Gasteiger partial charge in [-0.15, -0.1) is 0 Å². The van der Waals surface area contributed by atoms with Crippen LogP contribution in [-0.2, 0) is 38.6 Å². The fourth-order valence-corrected chi connectivity index (χ4v) is 1.61. The number of ether oxygens (including phenoxy) is 2. The summed E-state index contributed by atoms with van der Waals surface area (Å²) in [6.07, 6.45) is 4.96. The second-order valence-electron chi connectivity index (χ2n) is 5.54. The number of carbonyl (C=O) groups is 2. The third-order valence-electron chi connectivity index (χ3n) is 2.86. The average Bonchev–Trinajstić information content (AvgIpc) is 2.64. The van der Waals surface area contributed by atoms with Gasteiger partial charge in [0.1, 0.15) is 25.4 Å². The Labute approximate surface area is 164 Å². The van der Waals surface area contributed by atoms with Crippen molar-refractivity contribution >= 4 is 11.9 Å². The molecule has 0 fully saturated rings. The zero-order chi connectivity index (χ0) is 21.0. The third-order valence-corrected chi connectivity index (χ3v) is 2.86. The lowest BCUT2D eigenvalue weighted by molar-refractivity contribution is -0.279. The molecule has 2 N–H and O–H groups in total. The van der Waals surface area contributed by atoms with Gasteiger partial charge in [-0.05, 0) is 26.7 Å². The van der Waals surface area contributed by atoms with E-state index < -0.39 is 24.1 Å². The fourth-order valence-electron chi connectivity index (χ4n) is 1.61. The SMILES string of the molecule is CC=CC(=O)OOCC(O)COCCCCOCC(O)COOC(=O)C=CC. The molecule has 28 heavy (non-hydrogen) atoms. The molecule has 2 unspecified atom stereocenters. The van der Waals surface area contributed by atoms with Crippen molar-refractivity contribution in [3.63, 3.8) is 0 Å². The van der Waals surface area contributed by atoms with Gasteiger partial charge in [-0.3, -0.25) is 9.78 Å². The highest BCUT2D eigenvalue weighted by Gasteiger charge is 2.08. The summed E-state index contributed by atoms with van der Waals surface area (Å²) in [5, 5.41) is 19.1. The topological polar surface area (TPSA) is 130 Å². The Balaban J connectivity index is 3.42. The normalized spacial score (nSPS) is 13.7. The summed E-state index contributed by atoms with van der Waals surface area (Å²) >= 11 is 0. The van der Waals surface area contributed by atoms with Crippen molar-refractivity contribution < 1.29 is 48.8 Å². The van der Waals surface area contributed by atoms with Crippen LogP contribution in [0.15, 0.2) is 24.3 Å². The Morgan fingerprint density at radius 3 is 1.50 bits per heavy atom. The molecule has 0 heterocycles. The van der Waals surface area contributed by atoms with Crippen LogP contribution in [0.25, 0.3) is 0 Å². The Bertz CT molecular complexity index is 421. The highest BCUT2D eigenvalue weighted by atomic mass is 17.2. The molecule has 0 saturated carbocycles. The van der Waals surface area contributed by atoms with E-state index in [1.54, 1.807) is 13.8 Å². The minimum atomic E-state index is -0.910. The number of aliphatic hydroxyl groups is 2. The predicted molar refractivity (Wildman–Crippen MR) is 96.6 cm³/mol. The number of allylic oxidation sites excluding steroid dienone is 2. The van der Waals surface area contributed by atoms with Crippen LogP contribution in [-0.4, -0.2) is 74.0 Å². The van der Waals surface area contributed by atoms with Crippen LogP contribution >= 0.6 is 0 Å². The molecule has 10 heteroatoms. The van der Waals surface area contributed by atoms with Crippen molar-refractivity contribution in [2.75, 3.05) is 39.6 Å². The lowest BCUT2D eigenvalue weighted by Gasteiger charge is -2.11. The van der Waals surface area contributed by atoms with E-state index in [4.69, 9.17) is 9.47 Å². The molecule has 0 aromatic carbocycles. The first kappa shape index (κ1) is 26.2. The van der Waals surface area contributed by atoms with Gasteiger partial charge in [-0.1, -0.05) is 12.2 Å². The highest BCUT2D eigenvalue weighted by Crippen LogP contribution is 1.97. The fraction of sp³-hybridized carbons (Fsp3) is 0.667. The maximum Gasteiger partial charge on any atom is 0.365 e. The summed E-state index contributed by atoms with van der Waals surface area (Å²) in [7, 11) is 0. The Kier molecular flexibility index (Phi) is 17.3. The second-order valence-corrected chi connectivity index (χ2v) is 5.54. The van der Waals surface area contributed by atoms with Crippen LogP contribution in [0.5, 0.6) is 0 Å². The molecule has 0 aromatic heterocycles. The van der Waals surface area contributed by atoms with Crippen LogP contribution < -0.4 is 0 Å². The molecule has 0 rings (SSSR count). The van der Waals surface area contributed by atoms with Gasteiger partial charge in [0.05, 0.1) is 13.2 Å². The first-order valence-corrected chi connectivity index (χ1v) is 8.93. The third kappa shape index (κ3) is 17.6. The van der Waals surface area contributed by atoms with Crippen LogP contribution in [0, 0.1) is 0 Å². The smallest absolute Gasteiger partial charge is 0.365 e. The molecule has 2 atom stereocenters. The molecular weight excluding hydrogens is 376 g/mol. The monoisotopic (exact) mass is 406 g/mol. The van der Waals surface area contributed by atoms with Gasteiger partial charge in [0.15, 0.2) is 0 Å². The predicted octanol–water partition coefficient (Wildman–Crippen LogP) is 0.623. The number of rotatable bonds is 17. The molecule has 10 nitrogen and oxygen atoms in total. The van der Waals surface area contributed by atoms with Crippen molar-refractivity contribution in [1.82, 2.24) is 0 Å². The van der Waals surface area contributed by atoms with Crippen molar-refractivity contribution in [3.05, 3.63) is 24.3 Å². The van der Waals surface area contributed by atoms with Crippen molar-refractivity contribution in [2.45, 2.75) is 38.9 Å². The van der Waals surface area contributed by atoms with Gasteiger partial charge in [0, 0.05) is 25.4 Å². The van der Waals surface area contributed by atoms with Gasteiger partial charge >= 0.3 is 11.9 Å². The maximum atomic E-state index is 11.0. The molecule has 0 aromatic rings. The van der Waals surface area contributed by atoms with E-state index in [0.29, 0.717) is 26.1 Å². The Morgan fingerprint density at radius 1 is 0.750 bits per heavy atom. The van der Waals surface area contributed by atoms with Crippen LogP contribution in [0.2, 0.25) is 0 Å². The Hall–Kier alpha value is -1.82. The molecule has 162 valence electrons. The van der Waals surface area contributed by atoms with Gasteiger partial charge in [0.2, 0.25) is 0 Å². The molecular formula is C18H30O10. The minimum absolute atomic E-state index is 0.0457. The first-order valence-electron chi connectivity index (χ1n) is 8.93. The van der Waals surface area contributed by atoms with E-state index in [2.05, 4.69) is 19.6 Å². The molecule has 0 aliphatic rings. The number of hydrogen-bond acceptors (Lipinski definition) is 10. The molecule has 0 amide bonds. The molecule has 0 radical (unpaired) electrons. The van der Waals surface area contributed by atoms with Crippen molar-refractivity contribution in [1.29, 1.82) is 0 Å². The van der Waals surface area contributed by atoms with Gasteiger partial charge in [-0.25, -0.2) is 9.59 Å². The minimum Gasteiger partial charge on any atom is -0.388 e. The standard InChI is InChI=1S/C18H30O10/c1-3-7-17(21)27-25-13-15(19)11-23-9-5-6-10-24-12-16(20)14-26-28-18(22)8-4-2/h3-4,7-8,15-16,19-20H,5-6,9-14H2,1-2H3. The molecule has 0 aliphatic carbocycles. The summed E-state index contributed by atoms with van der Waals surface area (Å²) < 4.78 is 10.5. The zero-order valence-electron chi connectivity index (χ0n) is 16.3. The van der Waals surface area contributed by atoms with Crippen LogP contribution in [0.1, 0.15) is 26.7 Å². The molecule has 0 spiro atoms. The average molecular weight is 406 g/mol. The quantitative estimate of drug-likeness (QED) is 0.153. The maximum absolute atomic E-state index is 11.0. The van der Waals surface area contributed by atoms with E-state index >= 15 is 0 Å². The number of unbranched alkanes of at least 4 members (excludes halogenated alkanes) is 1. The van der Waals surface area contributed by atoms with E-state index in [1.165, 1.54) is 24.3 Å². The zero-order valence-corrected chi connectivity index (χ0v) is 16.3.